The Morgan fingerprint density at radius 2 is 0.862 bits per heavy atom. The van der Waals surface area contributed by atoms with Gasteiger partial charge in [-0.3, -0.25) is 0 Å². The Balaban J connectivity index is 1.65. The van der Waals surface area contributed by atoms with Crippen LogP contribution in [0.15, 0.2) is 78.9 Å². The lowest BCUT2D eigenvalue weighted by Crippen LogP contribution is -2.01. The highest BCUT2D eigenvalue weighted by molar-refractivity contribution is 5.89. The van der Waals surface area contributed by atoms with Crippen LogP contribution in [0.25, 0.3) is 33.4 Å². The average Bonchev–Trinajstić information content (AvgIpc) is 2.72. The molecule has 0 fully saturated rings. The number of nitrogens with two attached hydrogens (primary N) is 4. The Hall–Kier alpha value is -3.92. The van der Waals surface area contributed by atoms with E-state index in [1.165, 1.54) is 16.7 Å². The quantitative estimate of drug-likeness (QED) is 0.361. The lowest BCUT2D eigenvalue weighted by molar-refractivity contribution is 1.47. The molecule has 0 saturated heterocycles. The average molecular weight is 380 g/mol. The van der Waals surface area contributed by atoms with Gasteiger partial charge in [0.25, 0.3) is 0 Å². The van der Waals surface area contributed by atoms with Crippen LogP contribution in [0.3, 0.4) is 0 Å². The minimum atomic E-state index is 0.401. The molecule has 4 aromatic rings. The molecular formula is C25H24N4. The minimum Gasteiger partial charge on any atom is -0.398 e. The molecule has 0 aromatic heterocycles. The van der Waals surface area contributed by atoms with Crippen molar-refractivity contribution >= 4 is 22.7 Å². The molecule has 0 aliphatic heterocycles. The summed E-state index contributed by atoms with van der Waals surface area (Å²) >= 11 is 0. The largest absolute Gasteiger partial charge is 0.398 e. The first-order valence-corrected chi connectivity index (χ1v) is 9.44. The molecule has 0 spiro atoms. The monoisotopic (exact) mass is 380 g/mol. The minimum absolute atomic E-state index is 0.401. The molecule has 0 unspecified atom stereocenters. The van der Waals surface area contributed by atoms with Crippen LogP contribution < -0.4 is 22.9 Å². The van der Waals surface area contributed by atoms with Crippen molar-refractivity contribution < 1.29 is 0 Å². The number of anilines is 4. The summed E-state index contributed by atoms with van der Waals surface area (Å²) < 4.78 is 0. The number of rotatable bonds is 3. The summed E-state index contributed by atoms with van der Waals surface area (Å²) in [5.74, 6) is 0. The van der Waals surface area contributed by atoms with Gasteiger partial charge in [0.1, 0.15) is 0 Å². The van der Waals surface area contributed by atoms with Crippen molar-refractivity contribution in [3.8, 4) is 33.4 Å². The zero-order chi connectivity index (χ0) is 20.5. The molecule has 144 valence electrons. The van der Waals surface area contributed by atoms with Crippen molar-refractivity contribution in [1.82, 2.24) is 0 Å². The van der Waals surface area contributed by atoms with Gasteiger partial charge in [0.2, 0.25) is 0 Å². The summed E-state index contributed by atoms with van der Waals surface area (Å²) in [6.45, 7) is 2.09. The van der Waals surface area contributed by atoms with E-state index in [4.69, 9.17) is 22.9 Å². The lowest BCUT2D eigenvalue weighted by atomic mass is 9.96. The zero-order valence-electron chi connectivity index (χ0n) is 16.3. The lowest BCUT2D eigenvalue weighted by Gasteiger charge is -2.12. The SMILES string of the molecule is Cc1ccc(-c2ccc(-c3ccc(-c4cc(N)c(N)c(N)c4)c(N)c3)cc2)cc1. The summed E-state index contributed by atoms with van der Waals surface area (Å²) in [5, 5.41) is 0. The van der Waals surface area contributed by atoms with Crippen LogP contribution in [0, 0.1) is 6.92 Å². The highest BCUT2D eigenvalue weighted by Crippen LogP contribution is 2.35. The molecule has 0 bridgehead atoms. The van der Waals surface area contributed by atoms with Crippen LogP contribution in [0.1, 0.15) is 5.56 Å². The third-order valence-corrected chi connectivity index (χ3v) is 5.21. The Bertz CT molecular complexity index is 1150. The topological polar surface area (TPSA) is 104 Å². The van der Waals surface area contributed by atoms with Crippen LogP contribution >= 0.6 is 0 Å². The number of hydrogen-bond donors (Lipinski definition) is 4. The van der Waals surface area contributed by atoms with Gasteiger partial charge in [-0.2, -0.15) is 0 Å². The summed E-state index contributed by atoms with van der Waals surface area (Å²) in [6.07, 6.45) is 0. The van der Waals surface area contributed by atoms with Gasteiger partial charge < -0.3 is 22.9 Å². The first-order valence-electron chi connectivity index (χ1n) is 9.44. The molecule has 4 rings (SSSR count). The van der Waals surface area contributed by atoms with Crippen LogP contribution in [0.2, 0.25) is 0 Å². The molecule has 8 N–H and O–H groups in total. The second-order valence-electron chi connectivity index (χ2n) is 7.31. The Morgan fingerprint density at radius 1 is 0.448 bits per heavy atom. The van der Waals surface area contributed by atoms with E-state index in [9.17, 15) is 0 Å². The molecule has 4 nitrogen and oxygen atoms in total. The third kappa shape index (κ3) is 3.60. The highest BCUT2D eigenvalue weighted by Gasteiger charge is 2.09. The molecule has 0 saturated carbocycles. The molecule has 0 atom stereocenters. The molecule has 4 heteroatoms. The van der Waals surface area contributed by atoms with Crippen molar-refractivity contribution in [1.29, 1.82) is 0 Å². The number of aryl methyl sites for hydroxylation is 1. The fourth-order valence-corrected chi connectivity index (χ4v) is 3.46. The second-order valence-corrected chi connectivity index (χ2v) is 7.31. The molecule has 29 heavy (non-hydrogen) atoms. The van der Waals surface area contributed by atoms with Gasteiger partial charge in [0.15, 0.2) is 0 Å². The molecule has 0 radical (unpaired) electrons. The standard InChI is InChI=1S/C25H24N4/c1-15-2-4-16(5-3-15)17-6-8-18(9-7-17)19-10-11-21(22(26)12-19)20-13-23(27)25(29)24(28)14-20/h2-14H,26-29H2,1H3. The highest BCUT2D eigenvalue weighted by atomic mass is 14.7. The predicted octanol–water partition coefficient (Wildman–Crippen LogP) is 5.32. The van der Waals surface area contributed by atoms with Crippen molar-refractivity contribution in [3.63, 3.8) is 0 Å². The summed E-state index contributed by atoms with van der Waals surface area (Å²) in [5.41, 5.74) is 33.6. The van der Waals surface area contributed by atoms with Crippen LogP contribution in [-0.2, 0) is 0 Å². The fourth-order valence-electron chi connectivity index (χ4n) is 3.46. The zero-order valence-corrected chi connectivity index (χ0v) is 16.3. The summed E-state index contributed by atoms with van der Waals surface area (Å²) in [6, 6.07) is 26.6. The molecule has 0 aliphatic carbocycles. The van der Waals surface area contributed by atoms with E-state index in [1.54, 1.807) is 12.1 Å². The van der Waals surface area contributed by atoms with Gasteiger partial charge in [-0.25, -0.2) is 0 Å². The van der Waals surface area contributed by atoms with Crippen LogP contribution in [0.5, 0.6) is 0 Å². The number of nitrogen functional groups attached to an aromatic ring is 4. The van der Waals surface area contributed by atoms with Gasteiger partial charge in [-0.1, -0.05) is 66.2 Å². The van der Waals surface area contributed by atoms with E-state index >= 15 is 0 Å². The number of hydrogen-bond acceptors (Lipinski definition) is 4. The van der Waals surface area contributed by atoms with E-state index in [1.807, 2.05) is 12.1 Å². The Morgan fingerprint density at radius 3 is 1.38 bits per heavy atom. The molecule has 0 heterocycles. The maximum absolute atomic E-state index is 6.35. The first-order chi connectivity index (χ1) is 13.9. The number of benzene rings is 4. The van der Waals surface area contributed by atoms with Crippen molar-refractivity contribution in [3.05, 3.63) is 84.4 Å². The second kappa shape index (κ2) is 7.24. The summed E-state index contributed by atoms with van der Waals surface area (Å²) in [7, 11) is 0. The van der Waals surface area contributed by atoms with Gasteiger partial charge in [-0.05, 0) is 52.9 Å². The van der Waals surface area contributed by atoms with Gasteiger partial charge in [-0.15, -0.1) is 0 Å². The predicted molar refractivity (Wildman–Crippen MR) is 125 cm³/mol. The first kappa shape index (κ1) is 18.4. The maximum atomic E-state index is 6.35. The molecule has 4 aromatic carbocycles. The Kier molecular flexibility index (Phi) is 4.61. The third-order valence-electron chi connectivity index (χ3n) is 5.21. The van der Waals surface area contributed by atoms with Crippen LogP contribution in [-0.4, -0.2) is 0 Å². The Labute approximate surface area is 170 Å². The summed E-state index contributed by atoms with van der Waals surface area (Å²) in [4.78, 5) is 0. The maximum Gasteiger partial charge on any atom is 0.0781 e. The smallest absolute Gasteiger partial charge is 0.0781 e. The molecule has 0 aliphatic rings. The van der Waals surface area contributed by atoms with E-state index in [0.717, 1.165) is 22.3 Å². The van der Waals surface area contributed by atoms with Crippen molar-refractivity contribution in [2.24, 2.45) is 0 Å². The van der Waals surface area contributed by atoms with E-state index in [-0.39, 0.29) is 0 Å². The van der Waals surface area contributed by atoms with E-state index in [0.29, 0.717) is 22.7 Å². The normalized spacial score (nSPS) is 10.8. The van der Waals surface area contributed by atoms with Crippen molar-refractivity contribution in [2.75, 3.05) is 22.9 Å². The van der Waals surface area contributed by atoms with E-state index in [2.05, 4.69) is 61.5 Å². The van der Waals surface area contributed by atoms with Gasteiger partial charge in [0, 0.05) is 11.3 Å². The van der Waals surface area contributed by atoms with Gasteiger partial charge >= 0.3 is 0 Å². The van der Waals surface area contributed by atoms with Crippen molar-refractivity contribution in [2.45, 2.75) is 6.92 Å². The van der Waals surface area contributed by atoms with Crippen LogP contribution in [0.4, 0.5) is 22.7 Å². The molecular weight excluding hydrogens is 356 g/mol. The van der Waals surface area contributed by atoms with E-state index < -0.39 is 0 Å². The molecule has 0 amide bonds. The van der Waals surface area contributed by atoms with Gasteiger partial charge in [0.05, 0.1) is 17.1 Å². The fraction of sp³-hybridized carbons (Fsp3) is 0.0400.